The molecule has 2 unspecified atom stereocenters. The van der Waals surface area contributed by atoms with Gasteiger partial charge in [-0.3, -0.25) is 4.90 Å². The predicted molar refractivity (Wildman–Crippen MR) is 83.5 cm³/mol. The monoisotopic (exact) mass is 311 g/mol. The van der Waals surface area contributed by atoms with Gasteiger partial charge in [0, 0.05) is 18.9 Å². The first-order chi connectivity index (χ1) is 10.0. The van der Waals surface area contributed by atoms with E-state index in [0.29, 0.717) is 12.8 Å². The Labute approximate surface area is 133 Å². The second-order valence-electron chi connectivity index (χ2n) is 8.21. The molecule has 0 radical (unpaired) electrons. The number of ether oxygens (including phenoxy) is 2. The Morgan fingerprint density at radius 1 is 1.41 bits per heavy atom. The first kappa shape index (κ1) is 17.1. The van der Waals surface area contributed by atoms with E-state index in [1.165, 1.54) is 0 Å². The molecule has 0 aliphatic carbocycles. The summed E-state index contributed by atoms with van der Waals surface area (Å²) in [6, 6.07) is 0.0799. The minimum atomic E-state index is -0.815. The van der Waals surface area contributed by atoms with Crippen LogP contribution in [0.1, 0.15) is 73.6 Å². The average molecular weight is 311 g/mol. The molecule has 0 bridgehead atoms. The lowest BCUT2D eigenvalue weighted by molar-refractivity contribution is -0.163. The van der Waals surface area contributed by atoms with Gasteiger partial charge in [-0.1, -0.05) is 19.8 Å². The highest BCUT2D eigenvalue weighted by Crippen LogP contribution is 2.50. The molecule has 0 aromatic carbocycles. The summed E-state index contributed by atoms with van der Waals surface area (Å²) in [4.78, 5) is 26.7. The van der Waals surface area contributed by atoms with E-state index >= 15 is 0 Å². The predicted octanol–water partition coefficient (Wildman–Crippen LogP) is 3.65. The zero-order chi connectivity index (χ0) is 16.8. The van der Waals surface area contributed by atoms with Gasteiger partial charge in [-0.05, 0) is 41.0 Å². The molecule has 5 heteroatoms. The molecule has 2 saturated heterocycles. The Hall–Kier alpha value is -1.26. The van der Waals surface area contributed by atoms with Crippen LogP contribution >= 0.6 is 0 Å². The Morgan fingerprint density at radius 3 is 2.50 bits per heavy atom. The third-order valence-corrected chi connectivity index (χ3v) is 4.35. The van der Waals surface area contributed by atoms with E-state index in [2.05, 4.69) is 6.92 Å². The van der Waals surface area contributed by atoms with Crippen LogP contribution in [0, 0.1) is 0 Å². The smallest absolute Gasteiger partial charge is 0.411 e. The van der Waals surface area contributed by atoms with Crippen LogP contribution in [0.4, 0.5) is 4.79 Å². The van der Waals surface area contributed by atoms with Crippen LogP contribution in [0.5, 0.6) is 0 Å². The molecular formula is C17H29NO4. The summed E-state index contributed by atoms with van der Waals surface area (Å²) in [5.74, 6) is -0.281. The molecule has 0 N–H and O–H groups in total. The van der Waals surface area contributed by atoms with Crippen molar-refractivity contribution in [3.63, 3.8) is 0 Å². The number of hydrogen-bond acceptors (Lipinski definition) is 4. The van der Waals surface area contributed by atoms with Crippen molar-refractivity contribution >= 4 is 12.1 Å². The molecule has 126 valence electrons. The second kappa shape index (κ2) is 5.43. The van der Waals surface area contributed by atoms with Gasteiger partial charge >= 0.3 is 12.1 Å². The third-order valence-electron chi connectivity index (χ3n) is 4.35. The van der Waals surface area contributed by atoms with Crippen molar-refractivity contribution in [2.75, 3.05) is 0 Å². The molecule has 0 saturated carbocycles. The van der Waals surface area contributed by atoms with Crippen LogP contribution in [0.15, 0.2) is 0 Å². The normalized spacial score (nSPS) is 30.2. The van der Waals surface area contributed by atoms with E-state index in [-0.39, 0.29) is 12.0 Å². The van der Waals surface area contributed by atoms with Crippen molar-refractivity contribution in [1.29, 1.82) is 0 Å². The molecular weight excluding hydrogens is 282 g/mol. The van der Waals surface area contributed by atoms with Gasteiger partial charge in [0.25, 0.3) is 0 Å². The fourth-order valence-electron chi connectivity index (χ4n) is 3.62. The average Bonchev–Trinajstić information content (AvgIpc) is 2.53. The van der Waals surface area contributed by atoms with Gasteiger partial charge in [-0.2, -0.15) is 0 Å². The van der Waals surface area contributed by atoms with E-state index in [1.54, 1.807) is 4.90 Å². The minimum Gasteiger partial charge on any atom is -0.458 e. The van der Waals surface area contributed by atoms with Crippen LogP contribution in [0.3, 0.4) is 0 Å². The van der Waals surface area contributed by atoms with E-state index in [1.807, 2.05) is 34.6 Å². The van der Waals surface area contributed by atoms with Crippen molar-refractivity contribution < 1.29 is 19.1 Å². The van der Waals surface area contributed by atoms with Gasteiger partial charge in [0.1, 0.15) is 16.7 Å². The Morgan fingerprint density at radius 2 is 2.05 bits per heavy atom. The van der Waals surface area contributed by atoms with Crippen molar-refractivity contribution in [1.82, 2.24) is 4.90 Å². The number of carbonyl (C=O) groups excluding carboxylic acids is 2. The number of hydrogen-bond donors (Lipinski definition) is 0. The molecule has 2 aliphatic rings. The fourth-order valence-corrected chi connectivity index (χ4v) is 3.62. The lowest BCUT2D eigenvalue weighted by Gasteiger charge is -2.53. The summed E-state index contributed by atoms with van der Waals surface area (Å²) < 4.78 is 11.0. The summed E-state index contributed by atoms with van der Waals surface area (Å²) in [6.07, 6.45) is 3.86. The van der Waals surface area contributed by atoms with E-state index in [4.69, 9.17) is 9.47 Å². The molecule has 0 aromatic rings. The lowest BCUT2D eigenvalue weighted by atomic mass is 9.73. The molecule has 0 aromatic heterocycles. The van der Waals surface area contributed by atoms with Crippen molar-refractivity contribution in [3.8, 4) is 0 Å². The van der Waals surface area contributed by atoms with E-state index < -0.39 is 22.8 Å². The van der Waals surface area contributed by atoms with Gasteiger partial charge < -0.3 is 9.47 Å². The number of cyclic esters (lactones) is 1. The quantitative estimate of drug-likeness (QED) is 0.747. The van der Waals surface area contributed by atoms with Gasteiger partial charge in [0.15, 0.2) is 0 Å². The summed E-state index contributed by atoms with van der Waals surface area (Å²) in [7, 11) is 0. The molecule has 1 spiro atoms. The summed E-state index contributed by atoms with van der Waals surface area (Å²) >= 11 is 0. The summed E-state index contributed by atoms with van der Waals surface area (Å²) in [6.45, 7) is 11.4. The summed E-state index contributed by atoms with van der Waals surface area (Å²) in [5, 5.41) is 0. The van der Waals surface area contributed by atoms with Crippen LogP contribution in [0.25, 0.3) is 0 Å². The number of likely N-dealkylation sites (tertiary alicyclic amines) is 1. The van der Waals surface area contributed by atoms with Gasteiger partial charge in [0.2, 0.25) is 0 Å². The molecule has 1 amide bonds. The highest BCUT2D eigenvalue weighted by Gasteiger charge is 2.66. The van der Waals surface area contributed by atoms with Crippen LogP contribution in [-0.2, 0) is 14.3 Å². The number of nitrogens with zero attached hydrogens (tertiary/aromatic N) is 1. The number of rotatable bonds is 3. The van der Waals surface area contributed by atoms with Gasteiger partial charge in [-0.15, -0.1) is 0 Å². The van der Waals surface area contributed by atoms with Crippen LogP contribution < -0.4 is 0 Å². The van der Waals surface area contributed by atoms with Crippen LogP contribution in [0.2, 0.25) is 0 Å². The number of carbonyl (C=O) groups is 2. The third kappa shape index (κ3) is 3.08. The maximum absolute atomic E-state index is 12.6. The zero-order valence-electron chi connectivity index (χ0n) is 14.7. The second-order valence-corrected chi connectivity index (χ2v) is 8.21. The zero-order valence-corrected chi connectivity index (χ0v) is 14.7. The molecule has 2 atom stereocenters. The summed E-state index contributed by atoms with van der Waals surface area (Å²) in [5.41, 5.74) is -1.90. The van der Waals surface area contributed by atoms with Gasteiger partial charge in [-0.25, -0.2) is 9.59 Å². The van der Waals surface area contributed by atoms with Crippen molar-refractivity contribution in [2.45, 2.75) is 96.4 Å². The highest BCUT2D eigenvalue weighted by molar-refractivity contribution is 5.90. The number of amides is 1. The van der Waals surface area contributed by atoms with E-state index in [9.17, 15) is 9.59 Å². The standard InChI is InChI=1S/C17H29NO4/c1-7-8-9-12-10-17(11-16(5,6)21-13(17)19)18(12)14(20)22-15(2,3)4/h12H,7-11H2,1-6H3. The number of esters is 1. The SMILES string of the molecule is CCCCC1CC2(CC(C)(C)OC2=O)N1C(=O)OC(C)(C)C. The minimum absolute atomic E-state index is 0.0799. The Balaban J connectivity index is 2.21. The number of unbranched alkanes of at least 4 members (excludes halogenated alkanes) is 1. The molecule has 22 heavy (non-hydrogen) atoms. The van der Waals surface area contributed by atoms with Gasteiger partial charge in [0.05, 0.1) is 0 Å². The molecule has 2 rings (SSSR count). The Kier molecular flexibility index (Phi) is 4.22. The maximum atomic E-state index is 12.6. The van der Waals surface area contributed by atoms with Crippen molar-refractivity contribution in [3.05, 3.63) is 0 Å². The Bertz CT molecular complexity index is 466. The van der Waals surface area contributed by atoms with E-state index in [0.717, 1.165) is 19.3 Å². The molecule has 5 nitrogen and oxygen atoms in total. The molecule has 2 aliphatic heterocycles. The fraction of sp³-hybridized carbons (Fsp3) is 0.882. The van der Waals surface area contributed by atoms with Crippen LogP contribution in [-0.4, -0.2) is 39.7 Å². The first-order valence-electron chi connectivity index (χ1n) is 8.26. The molecule has 2 heterocycles. The maximum Gasteiger partial charge on any atom is 0.411 e. The van der Waals surface area contributed by atoms with Crippen molar-refractivity contribution in [2.24, 2.45) is 0 Å². The molecule has 2 fully saturated rings. The lowest BCUT2D eigenvalue weighted by Crippen LogP contribution is -2.70. The topological polar surface area (TPSA) is 55.8 Å². The largest absolute Gasteiger partial charge is 0.458 e. The first-order valence-corrected chi connectivity index (χ1v) is 8.26. The highest BCUT2D eigenvalue weighted by atomic mass is 16.6.